The largest absolute Gasteiger partial charge is 0.497 e. The standard InChI is InChI=1S/C24H28ClN3O4/c1-31-21-9-5-19(6-10-21)23(29)27-22(17-18-3-7-20(25)8-4-18)24(30)26-11-2-12-28-13-15-32-16-14-28/h3-10,17H,2,11-16H2,1H3,(H,26,30)(H,27,29). The number of halogens is 1. The lowest BCUT2D eigenvalue weighted by molar-refractivity contribution is -0.117. The first kappa shape index (κ1) is 23.8. The van der Waals surface area contributed by atoms with Crippen LogP contribution in [-0.2, 0) is 9.53 Å². The molecule has 7 nitrogen and oxygen atoms in total. The lowest BCUT2D eigenvalue weighted by atomic mass is 10.1. The predicted octanol–water partition coefficient (Wildman–Crippen LogP) is 2.96. The minimum Gasteiger partial charge on any atom is -0.497 e. The number of amides is 2. The molecule has 3 rings (SSSR count). The third-order valence-electron chi connectivity index (χ3n) is 5.07. The van der Waals surface area contributed by atoms with Gasteiger partial charge in [0.25, 0.3) is 11.8 Å². The van der Waals surface area contributed by atoms with Crippen LogP contribution in [0.25, 0.3) is 6.08 Å². The Balaban J connectivity index is 1.64. The van der Waals surface area contributed by atoms with Crippen LogP contribution in [0, 0.1) is 0 Å². The van der Waals surface area contributed by atoms with Crippen LogP contribution in [0.3, 0.4) is 0 Å². The quantitative estimate of drug-likeness (QED) is 0.447. The lowest BCUT2D eigenvalue weighted by Crippen LogP contribution is -2.39. The van der Waals surface area contributed by atoms with E-state index in [4.69, 9.17) is 21.1 Å². The van der Waals surface area contributed by atoms with Crippen molar-refractivity contribution in [3.63, 3.8) is 0 Å². The van der Waals surface area contributed by atoms with Crippen LogP contribution < -0.4 is 15.4 Å². The highest BCUT2D eigenvalue weighted by Crippen LogP contribution is 2.14. The van der Waals surface area contributed by atoms with E-state index in [-0.39, 0.29) is 17.5 Å². The molecule has 0 bridgehead atoms. The summed E-state index contributed by atoms with van der Waals surface area (Å²) in [5.41, 5.74) is 1.34. The summed E-state index contributed by atoms with van der Waals surface area (Å²) in [6, 6.07) is 13.7. The summed E-state index contributed by atoms with van der Waals surface area (Å²) in [6.07, 6.45) is 2.45. The number of carbonyl (C=O) groups excluding carboxylic acids is 2. The number of benzene rings is 2. The van der Waals surface area contributed by atoms with Gasteiger partial charge >= 0.3 is 0 Å². The van der Waals surface area contributed by atoms with Gasteiger partial charge in [0.2, 0.25) is 0 Å². The van der Waals surface area contributed by atoms with Gasteiger partial charge in [-0.3, -0.25) is 14.5 Å². The van der Waals surface area contributed by atoms with Crippen molar-refractivity contribution < 1.29 is 19.1 Å². The SMILES string of the molecule is COc1ccc(C(=O)NC(=Cc2ccc(Cl)cc2)C(=O)NCCCN2CCOCC2)cc1. The molecule has 8 heteroatoms. The lowest BCUT2D eigenvalue weighted by Gasteiger charge is -2.26. The monoisotopic (exact) mass is 457 g/mol. The first-order chi connectivity index (χ1) is 15.5. The minimum absolute atomic E-state index is 0.166. The van der Waals surface area contributed by atoms with Crippen LogP contribution in [0.2, 0.25) is 5.02 Å². The molecule has 0 unspecified atom stereocenters. The van der Waals surface area contributed by atoms with Gasteiger partial charge in [0.15, 0.2) is 0 Å². The smallest absolute Gasteiger partial charge is 0.267 e. The van der Waals surface area contributed by atoms with Gasteiger partial charge in [-0.25, -0.2) is 0 Å². The molecule has 0 aromatic heterocycles. The first-order valence-corrected chi connectivity index (χ1v) is 10.9. The number of carbonyl (C=O) groups is 2. The molecule has 32 heavy (non-hydrogen) atoms. The Morgan fingerprint density at radius 1 is 1.09 bits per heavy atom. The molecule has 0 spiro atoms. The maximum Gasteiger partial charge on any atom is 0.267 e. The number of ether oxygens (including phenoxy) is 2. The van der Waals surface area contributed by atoms with Crippen LogP contribution in [0.5, 0.6) is 5.75 Å². The second-order valence-corrected chi connectivity index (χ2v) is 7.79. The van der Waals surface area contributed by atoms with Crippen LogP contribution in [0.1, 0.15) is 22.3 Å². The summed E-state index contributed by atoms with van der Waals surface area (Å²) in [6.45, 7) is 4.71. The van der Waals surface area contributed by atoms with E-state index in [0.29, 0.717) is 22.9 Å². The van der Waals surface area contributed by atoms with Crippen LogP contribution in [-0.4, -0.2) is 63.2 Å². The molecule has 1 aliphatic heterocycles. The Bertz CT molecular complexity index is 923. The van der Waals surface area contributed by atoms with Crippen molar-refractivity contribution in [2.24, 2.45) is 0 Å². The highest BCUT2D eigenvalue weighted by molar-refractivity contribution is 6.30. The molecule has 1 fully saturated rings. The zero-order valence-corrected chi connectivity index (χ0v) is 18.9. The molecule has 1 saturated heterocycles. The summed E-state index contributed by atoms with van der Waals surface area (Å²) in [5.74, 6) is -0.0726. The molecule has 0 aliphatic carbocycles. The number of rotatable bonds is 9. The van der Waals surface area contributed by atoms with Crippen molar-refractivity contribution in [3.8, 4) is 5.75 Å². The van der Waals surface area contributed by atoms with Crippen LogP contribution in [0.15, 0.2) is 54.2 Å². The predicted molar refractivity (Wildman–Crippen MR) is 125 cm³/mol. The molecular formula is C24H28ClN3O4. The minimum atomic E-state index is -0.378. The molecule has 170 valence electrons. The van der Waals surface area contributed by atoms with Gasteiger partial charge in [-0.1, -0.05) is 23.7 Å². The summed E-state index contributed by atoms with van der Waals surface area (Å²) in [4.78, 5) is 27.9. The molecule has 2 aromatic rings. The van der Waals surface area contributed by atoms with Crippen LogP contribution >= 0.6 is 11.6 Å². The fourth-order valence-electron chi connectivity index (χ4n) is 3.25. The summed E-state index contributed by atoms with van der Waals surface area (Å²) in [7, 11) is 1.56. The third kappa shape index (κ3) is 7.37. The van der Waals surface area contributed by atoms with Crippen molar-refractivity contribution >= 4 is 29.5 Å². The van der Waals surface area contributed by atoms with Crippen molar-refractivity contribution in [2.45, 2.75) is 6.42 Å². The van der Waals surface area contributed by atoms with E-state index in [9.17, 15) is 9.59 Å². The highest BCUT2D eigenvalue weighted by atomic mass is 35.5. The van der Waals surface area contributed by atoms with Gasteiger partial charge in [0, 0.05) is 30.2 Å². The Labute approximate surface area is 193 Å². The van der Waals surface area contributed by atoms with Gasteiger partial charge in [-0.15, -0.1) is 0 Å². The second kappa shape index (κ2) is 12.2. The zero-order chi connectivity index (χ0) is 22.8. The van der Waals surface area contributed by atoms with Crippen molar-refractivity contribution in [2.75, 3.05) is 46.5 Å². The van der Waals surface area contributed by atoms with E-state index >= 15 is 0 Å². The molecule has 0 atom stereocenters. The summed E-state index contributed by atoms with van der Waals surface area (Å²) < 4.78 is 10.5. The Morgan fingerprint density at radius 2 is 1.78 bits per heavy atom. The molecule has 0 saturated carbocycles. The molecule has 2 amide bonds. The molecule has 1 aliphatic rings. The number of nitrogens with one attached hydrogen (secondary N) is 2. The number of nitrogens with zero attached hydrogens (tertiary/aromatic N) is 1. The molecule has 1 heterocycles. The van der Waals surface area contributed by atoms with Crippen molar-refractivity contribution in [1.82, 2.24) is 15.5 Å². The molecule has 2 aromatic carbocycles. The average molecular weight is 458 g/mol. The molecule has 0 radical (unpaired) electrons. The van der Waals surface area contributed by atoms with E-state index in [1.807, 2.05) is 0 Å². The van der Waals surface area contributed by atoms with E-state index < -0.39 is 0 Å². The summed E-state index contributed by atoms with van der Waals surface area (Å²) in [5, 5.41) is 6.23. The topological polar surface area (TPSA) is 79.9 Å². The Kier molecular flexibility index (Phi) is 9.10. The van der Waals surface area contributed by atoms with Gasteiger partial charge < -0.3 is 20.1 Å². The van der Waals surface area contributed by atoms with Gasteiger partial charge in [0.05, 0.1) is 20.3 Å². The molecular weight excluding hydrogens is 430 g/mol. The van der Waals surface area contributed by atoms with E-state index in [0.717, 1.165) is 44.8 Å². The molecule has 2 N–H and O–H groups in total. The average Bonchev–Trinajstić information content (AvgIpc) is 2.83. The van der Waals surface area contributed by atoms with Crippen molar-refractivity contribution in [3.05, 3.63) is 70.4 Å². The van der Waals surface area contributed by atoms with Gasteiger partial charge in [-0.2, -0.15) is 0 Å². The van der Waals surface area contributed by atoms with E-state index in [1.54, 1.807) is 61.7 Å². The first-order valence-electron chi connectivity index (χ1n) is 10.6. The van der Waals surface area contributed by atoms with E-state index in [2.05, 4.69) is 15.5 Å². The maximum atomic E-state index is 12.9. The van der Waals surface area contributed by atoms with Gasteiger partial charge in [0.1, 0.15) is 11.4 Å². The summed E-state index contributed by atoms with van der Waals surface area (Å²) >= 11 is 5.96. The second-order valence-electron chi connectivity index (χ2n) is 7.36. The van der Waals surface area contributed by atoms with Gasteiger partial charge in [-0.05, 0) is 61.0 Å². The fraction of sp³-hybridized carbons (Fsp3) is 0.333. The number of hydrogen-bond acceptors (Lipinski definition) is 5. The highest BCUT2D eigenvalue weighted by Gasteiger charge is 2.15. The number of methoxy groups -OCH3 is 1. The van der Waals surface area contributed by atoms with Crippen LogP contribution in [0.4, 0.5) is 0 Å². The van der Waals surface area contributed by atoms with Crippen molar-refractivity contribution in [1.29, 1.82) is 0 Å². The fourth-order valence-corrected chi connectivity index (χ4v) is 3.37. The number of hydrogen-bond donors (Lipinski definition) is 2. The van der Waals surface area contributed by atoms with E-state index in [1.165, 1.54) is 0 Å². The maximum absolute atomic E-state index is 12.9. The zero-order valence-electron chi connectivity index (χ0n) is 18.1. The Morgan fingerprint density at radius 3 is 2.44 bits per heavy atom. The number of morpholine rings is 1. The normalized spacial score (nSPS) is 14.6. The Hall–Kier alpha value is -2.87. The third-order valence-corrected chi connectivity index (χ3v) is 5.32.